The molecule has 1 atom stereocenters. The number of nitrogens with one attached hydrogen (secondary N) is 1. The molecule has 0 aliphatic carbocycles. The largest absolute Gasteiger partial charge is 0.370 e. The van der Waals surface area contributed by atoms with Gasteiger partial charge in [-0.25, -0.2) is 9.97 Å². The highest BCUT2D eigenvalue weighted by atomic mass is 16.5. The number of rotatable bonds is 2. The summed E-state index contributed by atoms with van der Waals surface area (Å²) in [6.07, 6.45) is 2.31. The number of nitrogens with zero attached hydrogens (tertiary/aromatic N) is 2. The zero-order valence-electron chi connectivity index (χ0n) is 10.5. The Bertz CT molecular complexity index is 425. The van der Waals surface area contributed by atoms with E-state index in [0.717, 1.165) is 38.4 Å². The quantitative estimate of drug-likeness (QED) is 0.849. The lowest BCUT2D eigenvalue weighted by atomic mass is 10.0. The van der Waals surface area contributed by atoms with Gasteiger partial charge in [-0.05, 0) is 18.8 Å². The van der Waals surface area contributed by atoms with Crippen LogP contribution in [0.25, 0.3) is 0 Å². The predicted octanol–water partition coefficient (Wildman–Crippen LogP) is 2.05. The molecule has 1 N–H and O–H groups in total. The maximum Gasteiger partial charge on any atom is 0.157 e. The van der Waals surface area contributed by atoms with Crippen molar-refractivity contribution >= 4 is 0 Å². The van der Waals surface area contributed by atoms with E-state index in [1.807, 2.05) is 0 Å². The fourth-order valence-corrected chi connectivity index (χ4v) is 2.62. The molecule has 4 nitrogen and oxygen atoms in total. The summed E-state index contributed by atoms with van der Waals surface area (Å²) in [5.74, 6) is 1.35. The van der Waals surface area contributed by atoms with E-state index in [4.69, 9.17) is 9.72 Å². The number of aromatic nitrogens is 2. The van der Waals surface area contributed by atoms with Crippen molar-refractivity contribution in [3.63, 3.8) is 0 Å². The molecule has 0 radical (unpaired) electrons. The molecule has 1 aromatic heterocycles. The van der Waals surface area contributed by atoms with E-state index in [0.29, 0.717) is 5.92 Å². The summed E-state index contributed by atoms with van der Waals surface area (Å²) in [7, 11) is 0. The van der Waals surface area contributed by atoms with Crippen LogP contribution in [0.4, 0.5) is 0 Å². The first-order valence-electron chi connectivity index (χ1n) is 6.47. The third-order valence-corrected chi connectivity index (χ3v) is 3.50. The minimum absolute atomic E-state index is 0.124. The fourth-order valence-electron chi connectivity index (χ4n) is 2.62. The van der Waals surface area contributed by atoms with Gasteiger partial charge in [0.1, 0.15) is 6.10 Å². The Labute approximate surface area is 102 Å². The van der Waals surface area contributed by atoms with Crippen molar-refractivity contribution in [3.8, 4) is 0 Å². The Morgan fingerprint density at radius 1 is 1.29 bits per heavy atom. The van der Waals surface area contributed by atoms with Crippen molar-refractivity contribution in [2.24, 2.45) is 0 Å². The van der Waals surface area contributed by atoms with Gasteiger partial charge in [-0.3, -0.25) is 0 Å². The molecule has 4 heteroatoms. The molecule has 1 unspecified atom stereocenters. The molecule has 1 aromatic rings. The lowest BCUT2D eigenvalue weighted by Gasteiger charge is -2.15. The average molecular weight is 233 g/mol. The second-order valence-corrected chi connectivity index (χ2v) is 5.15. The van der Waals surface area contributed by atoms with Crippen molar-refractivity contribution in [1.82, 2.24) is 15.3 Å². The first kappa shape index (κ1) is 11.1. The Kier molecular flexibility index (Phi) is 2.84. The molecule has 0 aromatic carbocycles. The highest BCUT2D eigenvalue weighted by molar-refractivity contribution is 5.31. The van der Waals surface area contributed by atoms with Crippen LogP contribution in [-0.4, -0.2) is 16.6 Å². The first-order valence-corrected chi connectivity index (χ1v) is 6.47. The maximum atomic E-state index is 5.69. The van der Waals surface area contributed by atoms with Crippen LogP contribution in [0.3, 0.4) is 0 Å². The van der Waals surface area contributed by atoms with Gasteiger partial charge < -0.3 is 10.1 Å². The van der Waals surface area contributed by atoms with Gasteiger partial charge in [0.05, 0.1) is 11.4 Å². The van der Waals surface area contributed by atoms with Crippen LogP contribution in [0, 0.1) is 0 Å². The van der Waals surface area contributed by atoms with Gasteiger partial charge in [-0.15, -0.1) is 0 Å². The second kappa shape index (κ2) is 4.35. The van der Waals surface area contributed by atoms with Gasteiger partial charge in [0.2, 0.25) is 0 Å². The molecule has 17 heavy (non-hydrogen) atoms. The van der Waals surface area contributed by atoms with Gasteiger partial charge in [-0.1, -0.05) is 13.8 Å². The van der Waals surface area contributed by atoms with Crippen molar-refractivity contribution in [2.45, 2.75) is 51.8 Å². The minimum atomic E-state index is 0.124. The number of hydrogen-bond acceptors (Lipinski definition) is 4. The van der Waals surface area contributed by atoms with E-state index in [-0.39, 0.29) is 6.10 Å². The van der Waals surface area contributed by atoms with Crippen LogP contribution in [0.5, 0.6) is 0 Å². The molecule has 0 saturated carbocycles. The van der Waals surface area contributed by atoms with Crippen molar-refractivity contribution in [2.75, 3.05) is 6.61 Å². The van der Waals surface area contributed by atoms with Gasteiger partial charge in [0.15, 0.2) is 5.82 Å². The minimum Gasteiger partial charge on any atom is -0.370 e. The number of hydrogen-bond donors (Lipinski definition) is 1. The van der Waals surface area contributed by atoms with Crippen LogP contribution in [0.1, 0.15) is 61.5 Å². The molecule has 0 spiro atoms. The molecule has 3 heterocycles. The first-order chi connectivity index (χ1) is 8.25. The summed E-state index contributed by atoms with van der Waals surface area (Å²) in [6, 6.07) is 0. The monoisotopic (exact) mass is 233 g/mol. The van der Waals surface area contributed by atoms with Crippen LogP contribution in [0.15, 0.2) is 0 Å². The summed E-state index contributed by atoms with van der Waals surface area (Å²) in [5.41, 5.74) is 3.68. The van der Waals surface area contributed by atoms with E-state index in [9.17, 15) is 0 Å². The summed E-state index contributed by atoms with van der Waals surface area (Å²) in [4.78, 5) is 9.43. The highest BCUT2D eigenvalue weighted by Crippen LogP contribution is 2.30. The van der Waals surface area contributed by atoms with Crippen LogP contribution in [-0.2, 0) is 17.8 Å². The van der Waals surface area contributed by atoms with E-state index in [1.165, 1.54) is 17.0 Å². The van der Waals surface area contributed by atoms with Crippen molar-refractivity contribution in [3.05, 3.63) is 22.8 Å². The molecule has 92 valence electrons. The Hall–Kier alpha value is -1.00. The molecule has 2 aliphatic heterocycles. The average Bonchev–Trinajstić information content (AvgIpc) is 2.98. The van der Waals surface area contributed by atoms with E-state index in [1.54, 1.807) is 0 Å². The summed E-state index contributed by atoms with van der Waals surface area (Å²) in [5, 5.41) is 3.36. The van der Waals surface area contributed by atoms with E-state index < -0.39 is 0 Å². The Morgan fingerprint density at radius 3 is 2.88 bits per heavy atom. The zero-order chi connectivity index (χ0) is 11.8. The Morgan fingerprint density at radius 2 is 2.18 bits per heavy atom. The van der Waals surface area contributed by atoms with E-state index in [2.05, 4.69) is 24.1 Å². The molecule has 1 fully saturated rings. The fraction of sp³-hybridized carbons (Fsp3) is 0.692. The molecule has 3 rings (SSSR count). The van der Waals surface area contributed by atoms with Crippen molar-refractivity contribution < 1.29 is 4.74 Å². The molecule has 0 bridgehead atoms. The molecular formula is C13H19N3O. The lowest BCUT2D eigenvalue weighted by Crippen LogP contribution is -2.10. The zero-order valence-corrected chi connectivity index (χ0v) is 10.5. The summed E-state index contributed by atoms with van der Waals surface area (Å²) >= 11 is 0. The van der Waals surface area contributed by atoms with Gasteiger partial charge in [-0.2, -0.15) is 0 Å². The van der Waals surface area contributed by atoms with E-state index >= 15 is 0 Å². The molecule has 0 amide bonds. The standard InChI is InChI=1S/C13H19N3O/c1-8(2)12-9-6-14-7-10(9)15-13(16-12)11-4-3-5-17-11/h8,11,14H,3-7H2,1-2H3. The van der Waals surface area contributed by atoms with Crippen LogP contribution < -0.4 is 5.32 Å². The predicted molar refractivity (Wildman–Crippen MR) is 64.6 cm³/mol. The number of fused-ring (bicyclic) bond motifs is 1. The molecular weight excluding hydrogens is 214 g/mol. The topological polar surface area (TPSA) is 47.0 Å². The van der Waals surface area contributed by atoms with Crippen molar-refractivity contribution in [1.29, 1.82) is 0 Å². The number of ether oxygens (including phenoxy) is 1. The molecule has 2 aliphatic rings. The normalized spacial score (nSPS) is 23.4. The van der Waals surface area contributed by atoms with Gasteiger partial charge in [0, 0.05) is 25.3 Å². The summed E-state index contributed by atoms with van der Waals surface area (Å²) < 4.78 is 5.69. The highest BCUT2D eigenvalue weighted by Gasteiger charge is 2.26. The Balaban J connectivity index is 2.02. The van der Waals surface area contributed by atoms with Gasteiger partial charge in [0.25, 0.3) is 0 Å². The maximum absolute atomic E-state index is 5.69. The molecule has 1 saturated heterocycles. The summed E-state index contributed by atoms with van der Waals surface area (Å²) in [6.45, 7) is 7.02. The van der Waals surface area contributed by atoms with Crippen LogP contribution in [0.2, 0.25) is 0 Å². The van der Waals surface area contributed by atoms with Crippen LogP contribution >= 0.6 is 0 Å². The third kappa shape index (κ3) is 1.96. The smallest absolute Gasteiger partial charge is 0.157 e. The third-order valence-electron chi connectivity index (χ3n) is 3.50. The SMILES string of the molecule is CC(C)c1nc(C2CCCO2)nc2c1CNC2. The lowest BCUT2D eigenvalue weighted by molar-refractivity contribution is 0.104. The van der Waals surface area contributed by atoms with Gasteiger partial charge >= 0.3 is 0 Å². The second-order valence-electron chi connectivity index (χ2n) is 5.15.